The van der Waals surface area contributed by atoms with E-state index in [2.05, 4.69) is 82.7 Å². The Bertz CT molecular complexity index is 995. The molecule has 2 aliphatic rings. The molecule has 31 heavy (non-hydrogen) atoms. The first kappa shape index (κ1) is 22.4. The van der Waals surface area contributed by atoms with E-state index in [4.69, 9.17) is 0 Å². The van der Waals surface area contributed by atoms with E-state index in [1.165, 1.54) is 27.6 Å². The van der Waals surface area contributed by atoms with Gasteiger partial charge in [0.2, 0.25) is 0 Å². The number of benzene rings is 1. The highest BCUT2D eigenvalue weighted by Gasteiger charge is 2.64. The number of nitrogens with one attached hydrogen (secondary N) is 1. The van der Waals surface area contributed by atoms with Crippen LogP contribution >= 0.6 is 0 Å². The number of hydrogen-bond donors (Lipinski definition) is 2. The third kappa shape index (κ3) is 3.42. The van der Waals surface area contributed by atoms with Crippen LogP contribution in [-0.2, 0) is 6.42 Å². The van der Waals surface area contributed by atoms with E-state index in [1.807, 2.05) is 0 Å². The van der Waals surface area contributed by atoms with Crippen LogP contribution in [0.5, 0.6) is 0 Å². The standard InChI is InChI=1S/C29H41NO/c1-20(2)10-9-15-28(5)26(31)14-16-27(4)24(21(3)13-17-29(27,28)6)18-22-19-30-25-12-8-7-11-23(22)25/h7-8,10-12,19,24,26,30-31H,3,9,13-18H2,1-2,4-6H3/t24-,26+,27-,28-,29-/m1/s1. The first-order valence-electron chi connectivity index (χ1n) is 12.2. The summed E-state index contributed by atoms with van der Waals surface area (Å²) >= 11 is 0. The molecule has 5 atom stereocenters. The van der Waals surface area contributed by atoms with Gasteiger partial charge in [0, 0.05) is 17.1 Å². The summed E-state index contributed by atoms with van der Waals surface area (Å²) in [5.74, 6) is 0.445. The summed E-state index contributed by atoms with van der Waals surface area (Å²) in [5.41, 5.74) is 5.56. The van der Waals surface area contributed by atoms with Crippen LogP contribution < -0.4 is 0 Å². The predicted molar refractivity (Wildman–Crippen MR) is 132 cm³/mol. The Kier molecular flexibility index (Phi) is 5.75. The van der Waals surface area contributed by atoms with E-state index in [0.29, 0.717) is 5.92 Å². The molecule has 2 heteroatoms. The molecule has 0 spiro atoms. The SMILES string of the molecule is C=C1CC[C@]2(C)[C@](C)(CC[C@H](O)[C@@]2(C)CCC=C(C)C)[C@@H]1Cc1c[nH]c2ccccc12. The van der Waals surface area contributed by atoms with Crippen molar-refractivity contribution >= 4 is 10.9 Å². The highest BCUT2D eigenvalue weighted by atomic mass is 16.3. The van der Waals surface area contributed by atoms with Crippen LogP contribution in [0.15, 0.2) is 54.3 Å². The van der Waals surface area contributed by atoms with E-state index in [-0.39, 0.29) is 22.3 Å². The van der Waals surface area contributed by atoms with Gasteiger partial charge in [-0.3, -0.25) is 0 Å². The molecule has 2 nitrogen and oxygen atoms in total. The van der Waals surface area contributed by atoms with Crippen molar-refractivity contribution in [2.45, 2.75) is 85.7 Å². The summed E-state index contributed by atoms with van der Waals surface area (Å²) in [6, 6.07) is 8.64. The zero-order valence-electron chi connectivity index (χ0n) is 20.2. The molecule has 2 aliphatic carbocycles. The molecular formula is C29H41NO. The molecule has 0 radical (unpaired) electrons. The van der Waals surface area contributed by atoms with E-state index in [1.54, 1.807) is 0 Å². The van der Waals surface area contributed by atoms with Crippen molar-refractivity contribution in [1.29, 1.82) is 0 Å². The fraction of sp³-hybridized carbons (Fsp3) is 0.586. The molecule has 1 aromatic carbocycles. The van der Waals surface area contributed by atoms with E-state index in [0.717, 1.165) is 44.9 Å². The Morgan fingerprint density at radius 1 is 1.19 bits per heavy atom. The summed E-state index contributed by atoms with van der Waals surface area (Å²) in [6.07, 6.45) is 11.7. The quantitative estimate of drug-likeness (QED) is 0.481. The van der Waals surface area contributed by atoms with Crippen molar-refractivity contribution in [1.82, 2.24) is 4.98 Å². The zero-order valence-corrected chi connectivity index (χ0v) is 20.2. The van der Waals surface area contributed by atoms with Crippen LogP contribution in [0.1, 0.15) is 78.7 Å². The van der Waals surface area contributed by atoms with Gasteiger partial charge in [0.1, 0.15) is 0 Å². The van der Waals surface area contributed by atoms with Gasteiger partial charge in [-0.25, -0.2) is 0 Å². The van der Waals surface area contributed by atoms with Crippen molar-refractivity contribution in [3.05, 3.63) is 59.8 Å². The average molecular weight is 420 g/mol. The fourth-order valence-electron chi connectivity index (χ4n) is 7.21. The highest BCUT2D eigenvalue weighted by Crippen LogP contribution is 2.70. The molecule has 2 saturated carbocycles. The van der Waals surface area contributed by atoms with Crippen molar-refractivity contribution < 1.29 is 5.11 Å². The number of fused-ring (bicyclic) bond motifs is 2. The lowest BCUT2D eigenvalue weighted by Crippen LogP contribution is -2.63. The summed E-state index contributed by atoms with van der Waals surface area (Å²) in [7, 11) is 0. The van der Waals surface area contributed by atoms with Gasteiger partial charge in [0.15, 0.2) is 0 Å². The molecule has 168 valence electrons. The third-order valence-corrected chi connectivity index (χ3v) is 9.72. The Morgan fingerprint density at radius 3 is 2.68 bits per heavy atom. The number of aliphatic hydroxyl groups is 1. The Balaban J connectivity index is 1.71. The summed E-state index contributed by atoms with van der Waals surface area (Å²) in [5, 5.41) is 12.7. The summed E-state index contributed by atoms with van der Waals surface area (Å²) in [6.45, 7) is 16.3. The molecule has 0 aliphatic heterocycles. The molecule has 1 aromatic heterocycles. The minimum atomic E-state index is -0.226. The average Bonchev–Trinajstić information content (AvgIpc) is 3.14. The Hall–Kier alpha value is -1.80. The first-order valence-corrected chi connectivity index (χ1v) is 12.2. The minimum absolute atomic E-state index is 0.0783. The van der Waals surface area contributed by atoms with Gasteiger partial charge in [0.05, 0.1) is 6.10 Å². The molecule has 0 saturated heterocycles. The topological polar surface area (TPSA) is 36.0 Å². The number of hydrogen-bond acceptors (Lipinski definition) is 1. The second-order valence-electron chi connectivity index (χ2n) is 11.3. The lowest BCUT2D eigenvalue weighted by Gasteiger charge is -2.67. The Labute approximate surface area is 188 Å². The predicted octanol–water partition coefficient (Wildman–Crippen LogP) is 7.60. The number of rotatable bonds is 5. The number of allylic oxidation sites excluding steroid dienone is 3. The Morgan fingerprint density at radius 2 is 1.94 bits per heavy atom. The zero-order chi connectivity index (χ0) is 22.4. The molecule has 0 unspecified atom stereocenters. The molecule has 2 N–H and O–H groups in total. The fourth-order valence-corrected chi connectivity index (χ4v) is 7.21. The van der Waals surface area contributed by atoms with Crippen LogP contribution in [0.4, 0.5) is 0 Å². The van der Waals surface area contributed by atoms with Gasteiger partial charge in [-0.15, -0.1) is 0 Å². The maximum atomic E-state index is 11.3. The van der Waals surface area contributed by atoms with Gasteiger partial charge in [-0.05, 0) is 92.6 Å². The normalized spacial score (nSPS) is 35.7. The molecule has 2 fully saturated rings. The molecular weight excluding hydrogens is 378 g/mol. The molecule has 0 bridgehead atoms. The maximum absolute atomic E-state index is 11.3. The van der Waals surface area contributed by atoms with Crippen molar-refractivity contribution in [2.24, 2.45) is 22.2 Å². The van der Waals surface area contributed by atoms with Crippen LogP contribution in [-0.4, -0.2) is 16.2 Å². The number of H-pyrrole nitrogens is 1. The number of para-hydroxylation sites is 1. The van der Waals surface area contributed by atoms with Gasteiger partial charge in [-0.1, -0.05) is 62.8 Å². The van der Waals surface area contributed by atoms with Crippen LogP contribution in [0, 0.1) is 22.2 Å². The van der Waals surface area contributed by atoms with Crippen LogP contribution in [0.3, 0.4) is 0 Å². The number of aromatic amines is 1. The van der Waals surface area contributed by atoms with Crippen LogP contribution in [0.25, 0.3) is 10.9 Å². The summed E-state index contributed by atoms with van der Waals surface area (Å²) in [4.78, 5) is 3.47. The van der Waals surface area contributed by atoms with Crippen molar-refractivity contribution in [3.8, 4) is 0 Å². The minimum Gasteiger partial charge on any atom is -0.393 e. The van der Waals surface area contributed by atoms with Gasteiger partial charge in [0.25, 0.3) is 0 Å². The van der Waals surface area contributed by atoms with Gasteiger partial charge >= 0.3 is 0 Å². The highest BCUT2D eigenvalue weighted by molar-refractivity contribution is 5.83. The van der Waals surface area contributed by atoms with E-state index < -0.39 is 0 Å². The van der Waals surface area contributed by atoms with Gasteiger partial charge in [-0.2, -0.15) is 0 Å². The number of aromatic nitrogens is 1. The second-order valence-corrected chi connectivity index (χ2v) is 11.3. The van der Waals surface area contributed by atoms with Gasteiger partial charge < -0.3 is 10.1 Å². The first-order chi connectivity index (χ1) is 14.6. The molecule has 4 rings (SSSR count). The largest absolute Gasteiger partial charge is 0.393 e. The third-order valence-electron chi connectivity index (χ3n) is 9.72. The molecule has 1 heterocycles. The maximum Gasteiger partial charge on any atom is 0.0599 e. The second kappa shape index (κ2) is 7.96. The lowest BCUT2D eigenvalue weighted by atomic mass is 9.38. The lowest BCUT2D eigenvalue weighted by molar-refractivity contribution is -0.198. The van der Waals surface area contributed by atoms with E-state index >= 15 is 0 Å². The van der Waals surface area contributed by atoms with E-state index in [9.17, 15) is 5.11 Å². The summed E-state index contributed by atoms with van der Waals surface area (Å²) < 4.78 is 0. The molecule has 2 aromatic rings. The van der Waals surface area contributed by atoms with Crippen LogP contribution in [0.2, 0.25) is 0 Å². The smallest absolute Gasteiger partial charge is 0.0599 e. The molecule has 0 amide bonds. The van der Waals surface area contributed by atoms with Crippen molar-refractivity contribution in [2.75, 3.05) is 0 Å². The van der Waals surface area contributed by atoms with Crippen molar-refractivity contribution in [3.63, 3.8) is 0 Å². The number of aliphatic hydroxyl groups excluding tert-OH is 1. The monoisotopic (exact) mass is 419 g/mol.